The molecule has 0 fully saturated rings. The van der Waals surface area contributed by atoms with Crippen LogP contribution >= 0.6 is 0 Å². The zero-order chi connectivity index (χ0) is 19.6. The maximum absolute atomic E-state index is 10.1. The first-order valence-electron chi connectivity index (χ1n) is 10.0. The van der Waals surface area contributed by atoms with Gasteiger partial charge in [-0.15, -0.1) is 0 Å². The zero-order valence-electron chi connectivity index (χ0n) is 17.5. The van der Waals surface area contributed by atoms with Crippen molar-refractivity contribution in [2.24, 2.45) is 5.92 Å². The molecule has 0 radical (unpaired) electrons. The second-order valence-corrected chi connectivity index (χ2v) is 7.94. The molecule has 0 bridgehead atoms. The molecular formula is C22H39NO3. The summed E-state index contributed by atoms with van der Waals surface area (Å²) in [5.41, 5.74) is 1.03. The summed E-state index contributed by atoms with van der Waals surface area (Å²) in [7, 11) is 1.68. The third-order valence-corrected chi connectivity index (χ3v) is 4.87. The molecule has 1 rings (SSSR count). The molecule has 3 unspecified atom stereocenters. The van der Waals surface area contributed by atoms with Crippen molar-refractivity contribution in [2.45, 2.75) is 84.6 Å². The summed E-state index contributed by atoms with van der Waals surface area (Å²) in [4.78, 5) is 0. The number of hydrogen-bond acceptors (Lipinski definition) is 4. The lowest BCUT2D eigenvalue weighted by molar-refractivity contribution is -0.0654. The second kappa shape index (κ2) is 11.6. The van der Waals surface area contributed by atoms with Crippen LogP contribution in [0.25, 0.3) is 0 Å². The molecule has 0 saturated heterocycles. The lowest BCUT2D eigenvalue weighted by Gasteiger charge is -2.34. The van der Waals surface area contributed by atoms with Gasteiger partial charge in [-0.1, -0.05) is 45.2 Å². The first kappa shape index (κ1) is 22.9. The van der Waals surface area contributed by atoms with E-state index in [2.05, 4.69) is 45.1 Å². The molecule has 2 N–H and O–H groups in total. The maximum atomic E-state index is 10.1. The van der Waals surface area contributed by atoms with Gasteiger partial charge in [0.1, 0.15) is 12.0 Å². The predicted molar refractivity (Wildman–Crippen MR) is 109 cm³/mol. The van der Waals surface area contributed by atoms with Crippen LogP contribution in [0.5, 0.6) is 5.75 Å². The number of aliphatic hydroxyl groups excluding tert-OH is 1. The van der Waals surface area contributed by atoms with Crippen molar-refractivity contribution >= 4 is 0 Å². The molecule has 26 heavy (non-hydrogen) atoms. The van der Waals surface area contributed by atoms with Crippen molar-refractivity contribution in [3.8, 4) is 5.75 Å². The molecule has 0 saturated carbocycles. The van der Waals surface area contributed by atoms with E-state index >= 15 is 0 Å². The Balaban J connectivity index is 2.57. The summed E-state index contributed by atoms with van der Waals surface area (Å²) in [5.74, 6) is 1.57. The Morgan fingerprint density at radius 2 is 1.77 bits per heavy atom. The van der Waals surface area contributed by atoms with Gasteiger partial charge in [-0.05, 0) is 57.2 Å². The Hall–Kier alpha value is -1.10. The SMILES string of the molecule is CCCC(CC)CCOC(NC(C)(C)Cc1ccc(OC)cc1)C(C)O. The van der Waals surface area contributed by atoms with Crippen molar-refractivity contribution in [3.05, 3.63) is 29.8 Å². The van der Waals surface area contributed by atoms with Crippen LogP contribution in [0.2, 0.25) is 0 Å². The van der Waals surface area contributed by atoms with Crippen molar-refractivity contribution in [3.63, 3.8) is 0 Å². The van der Waals surface area contributed by atoms with Gasteiger partial charge in [-0.3, -0.25) is 5.32 Å². The molecule has 0 aliphatic carbocycles. The topological polar surface area (TPSA) is 50.7 Å². The van der Waals surface area contributed by atoms with Crippen molar-refractivity contribution in [1.29, 1.82) is 0 Å². The highest BCUT2D eigenvalue weighted by Gasteiger charge is 2.26. The van der Waals surface area contributed by atoms with E-state index in [0.29, 0.717) is 12.5 Å². The fourth-order valence-electron chi connectivity index (χ4n) is 3.31. The first-order valence-corrected chi connectivity index (χ1v) is 10.0. The number of ether oxygens (including phenoxy) is 2. The average Bonchev–Trinajstić information content (AvgIpc) is 2.60. The molecule has 1 aromatic rings. The smallest absolute Gasteiger partial charge is 0.134 e. The molecule has 0 heterocycles. The summed E-state index contributed by atoms with van der Waals surface area (Å²) < 4.78 is 11.2. The van der Waals surface area contributed by atoms with E-state index < -0.39 is 6.10 Å². The summed E-state index contributed by atoms with van der Waals surface area (Å²) >= 11 is 0. The fraction of sp³-hybridized carbons (Fsp3) is 0.727. The molecule has 4 heteroatoms. The number of nitrogens with one attached hydrogen (secondary N) is 1. The average molecular weight is 366 g/mol. The van der Waals surface area contributed by atoms with Gasteiger partial charge in [-0.2, -0.15) is 0 Å². The van der Waals surface area contributed by atoms with E-state index in [9.17, 15) is 5.11 Å². The minimum absolute atomic E-state index is 0.191. The Bertz CT molecular complexity index is 485. The third kappa shape index (κ3) is 8.52. The van der Waals surface area contributed by atoms with Crippen LogP contribution in [0.1, 0.15) is 65.9 Å². The van der Waals surface area contributed by atoms with Crippen LogP contribution in [-0.2, 0) is 11.2 Å². The molecule has 4 nitrogen and oxygen atoms in total. The number of methoxy groups -OCH3 is 1. The Morgan fingerprint density at radius 3 is 2.27 bits per heavy atom. The van der Waals surface area contributed by atoms with Gasteiger partial charge in [0.05, 0.1) is 13.2 Å². The lowest BCUT2D eigenvalue weighted by Crippen LogP contribution is -2.52. The minimum Gasteiger partial charge on any atom is -0.497 e. The standard InChI is InChI=1S/C22H39NO3/c1-7-9-18(8-2)14-15-26-21(17(3)24)23-22(4,5)16-19-10-12-20(25-6)13-11-19/h10-13,17-18,21,23-24H,7-9,14-16H2,1-6H3. The fourth-order valence-corrected chi connectivity index (χ4v) is 3.31. The van der Waals surface area contributed by atoms with Crippen LogP contribution in [0.4, 0.5) is 0 Å². The Kier molecular flexibility index (Phi) is 10.2. The number of aliphatic hydroxyl groups is 1. The number of hydrogen-bond donors (Lipinski definition) is 2. The van der Waals surface area contributed by atoms with Gasteiger partial charge < -0.3 is 14.6 Å². The summed E-state index contributed by atoms with van der Waals surface area (Å²) in [5, 5.41) is 13.6. The van der Waals surface area contributed by atoms with E-state index in [4.69, 9.17) is 9.47 Å². The summed E-state index contributed by atoms with van der Waals surface area (Å²) in [6.45, 7) is 11.2. The largest absolute Gasteiger partial charge is 0.497 e. The van der Waals surface area contributed by atoms with E-state index in [0.717, 1.165) is 18.6 Å². The number of rotatable bonds is 13. The van der Waals surface area contributed by atoms with E-state index in [1.807, 2.05) is 12.1 Å². The lowest BCUT2D eigenvalue weighted by atomic mass is 9.94. The van der Waals surface area contributed by atoms with E-state index in [1.165, 1.54) is 24.8 Å². The van der Waals surface area contributed by atoms with Crippen molar-refractivity contribution in [2.75, 3.05) is 13.7 Å². The van der Waals surface area contributed by atoms with Crippen LogP contribution in [0.3, 0.4) is 0 Å². The minimum atomic E-state index is -0.559. The molecule has 0 aliphatic heterocycles. The highest BCUT2D eigenvalue weighted by molar-refractivity contribution is 5.28. The monoisotopic (exact) mass is 365 g/mol. The third-order valence-electron chi connectivity index (χ3n) is 4.87. The molecule has 0 aliphatic rings. The van der Waals surface area contributed by atoms with E-state index in [1.54, 1.807) is 14.0 Å². The van der Waals surface area contributed by atoms with Gasteiger partial charge >= 0.3 is 0 Å². The number of benzene rings is 1. The summed E-state index contributed by atoms with van der Waals surface area (Å²) in [6.07, 6.45) is 4.62. The van der Waals surface area contributed by atoms with Crippen LogP contribution < -0.4 is 10.1 Å². The van der Waals surface area contributed by atoms with Crippen LogP contribution in [0, 0.1) is 5.92 Å². The first-order chi connectivity index (χ1) is 12.3. The molecule has 1 aromatic carbocycles. The maximum Gasteiger partial charge on any atom is 0.134 e. The van der Waals surface area contributed by atoms with Gasteiger partial charge in [0.15, 0.2) is 0 Å². The van der Waals surface area contributed by atoms with E-state index in [-0.39, 0.29) is 11.8 Å². The molecule has 0 amide bonds. The molecule has 0 spiro atoms. The van der Waals surface area contributed by atoms with Crippen LogP contribution in [-0.4, -0.2) is 36.7 Å². The Labute approximate surface area is 160 Å². The molecule has 3 atom stereocenters. The van der Waals surface area contributed by atoms with Gasteiger partial charge in [0.2, 0.25) is 0 Å². The van der Waals surface area contributed by atoms with Gasteiger partial charge in [0, 0.05) is 12.1 Å². The quantitative estimate of drug-likeness (QED) is 0.504. The molecular weight excluding hydrogens is 326 g/mol. The van der Waals surface area contributed by atoms with Crippen molar-refractivity contribution in [1.82, 2.24) is 5.32 Å². The zero-order valence-corrected chi connectivity index (χ0v) is 17.5. The van der Waals surface area contributed by atoms with Gasteiger partial charge in [-0.25, -0.2) is 0 Å². The highest BCUT2D eigenvalue weighted by atomic mass is 16.5. The normalized spacial score (nSPS) is 15.5. The highest BCUT2D eigenvalue weighted by Crippen LogP contribution is 2.19. The Morgan fingerprint density at radius 1 is 1.12 bits per heavy atom. The van der Waals surface area contributed by atoms with Crippen molar-refractivity contribution < 1.29 is 14.6 Å². The molecule has 0 aromatic heterocycles. The van der Waals surface area contributed by atoms with Gasteiger partial charge in [0.25, 0.3) is 0 Å². The van der Waals surface area contributed by atoms with Crippen LogP contribution in [0.15, 0.2) is 24.3 Å². The summed E-state index contributed by atoms with van der Waals surface area (Å²) in [6, 6.07) is 8.12. The molecule has 150 valence electrons. The predicted octanol–water partition coefficient (Wildman–Crippen LogP) is 4.55. The second-order valence-electron chi connectivity index (χ2n) is 7.94.